The Balaban J connectivity index is 0.00000102. The van der Waals surface area contributed by atoms with Crippen molar-refractivity contribution in [3.8, 4) is 16.2 Å². The number of thiophene rings is 1. The van der Waals surface area contributed by atoms with E-state index in [1.807, 2.05) is 26.8 Å². The van der Waals surface area contributed by atoms with Gasteiger partial charge in [-0.3, -0.25) is 4.57 Å². The lowest BCUT2D eigenvalue weighted by Crippen LogP contribution is -2.00. The molecule has 3 heterocycles. The fourth-order valence-corrected chi connectivity index (χ4v) is 4.76. The van der Waals surface area contributed by atoms with Gasteiger partial charge in [-0.1, -0.05) is 44.2 Å². The molecule has 0 amide bonds. The molecule has 0 aliphatic carbocycles. The van der Waals surface area contributed by atoms with E-state index in [1.165, 1.54) is 25.6 Å². The van der Waals surface area contributed by atoms with Crippen molar-refractivity contribution < 1.29 is 4.74 Å². The van der Waals surface area contributed by atoms with Gasteiger partial charge in [-0.15, -0.1) is 21.5 Å². The molecule has 0 radical (unpaired) electrons. The molecule has 0 N–H and O–H groups in total. The smallest absolute Gasteiger partial charge is 0.164 e. The molecule has 0 saturated carbocycles. The molecule has 1 aliphatic heterocycles. The van der Waals surface area contributed by atoms with Crippen molar-refractivity contribution in [2.24, 2.45) is 0 Å². The highest BCUT2D eigenvalue weighted by Gasteiger charge is 2.25. The van der Waals surface area contributed by atoms with Gasteiger partial charge < -0.3 is 4.74 Å². The van der Waals surface area contributed by atoms with Gasteiger partial charge in [-0.2, -0.15) is 0 Å². The van der Waals surface area contributed by atoms with E-state index in [0.29, 0.717) is 13.2 Å². The number of nitrogens with zero attached hydrogens (tertiary/aromatic N) is 3. The first-order valence-electron chi connectivity index (χ1n) is 8.74. The van der Waals surface area contributed by atoms with Gasteiger partial charge in [0.25, 0.3) is 0 Å². The zero-order valence-corrected chi connectivity index (χ0v) is 19.2. The third-order valence-corrected chi connectivity index (χ3v) is 6.11. The monoisotopic (exact) mass is 509 g/mol. The Bertz CT molecular complexity index is 971. The predicted octanol–water partition coefficient (Wildman–Crippen LogP) is 5.68. The summed E-state index contributed by atoms with van der Waals surface area (Å²) in [6.07, 6.45) is 0.850. The number of fused-ring (bicyclic) bond motifs is 3. The molecule has 1 aliphatic rings. The number of ether oxygens (including phenoxy) is 1. The second kappa shape index (κ2) is 9.73. The molecular formula is C20H20IN3OS2. The van der Waals surface area contributed by atoms with Gasteiger partial charge in [0.15, 0.2) is 5.82 Å². The number of hydrogen-bond acceptors (Lipinski definition) is 5. The van der Waals surface area contributed by atoms with Crippen LogP contribution in [0.2, 0.25) is 0 Å². The van der Waals surface area contributed by atoms with Crippen molar-refractivity contribution >= 4 is 41.5 Å². The molecule has 0 fully saturated rings. The molecular weight excluding hydrogens is 489 g/mol. The van der Waals surface area contributed by atoms with E-state index in [2.05, 4.69) is 71.4 Å². The van der Waals surface area contributed by atoms with E-state index in [9.17, 15) is 0 Å². The van der Waals surface area contributed by atoms with Gasteiger partial charge in [-0.25, -0.2) is 0 Å². The maximum absolute atomic E-state index is 5.89. The molecule has 3 aromatic rings. The third kappa shape index (κ3) is 4.40. The number of aryl methyl sites for hydroxylation is 1. The zero-order chi connectivity index (χ0) is 19.2. The van der Waals surface area contributed by atoms with Crippen molar-refractivity contribution in [1.82, 2.24) is 14.8 Å². The highest BCUT2D eigenvalue weighted by atomic mass is 127. The van der Waals surface area contributed by atoms with Gasteiger partial charge in [0.1, 0.15) is 17.4 Å². The van der Waals surface area contributed by atoms with E-state index in [1.54, 1.807) is 11.3 Å². The Labute approximate surface area is 180 Å². The molecule has 0 unspecified atom stereocenters. The standard InChI is InChI=1S/C18H14IN3OS2.C2H6/c1-12-20-21-17-11-23-10-15-14(9-13-5-3-2-4-6-13)16(7-8-24-19)25-18(15)22(12)17;1-2/h2-6H,9-11H2,1H3;1-2H3. The summed E-state index contributed by atoms with van der Waals surface area (Å²) in [6.45, 7) is 7.04. The summed E-state index contributed by atoms with van der Waals surface area (Å²) < 4.78 is 8.00. The quantitative estimate of drug-likeness (QED) is 0.330. The molecule has 27 heavy (non-hydrogen) atoms. The molecule has 0 saturated heterocycles. The van der Waals surface area contributed by atoms with Crippen LogP contribution < -0.4 is 0 Å². The van der Waals surface area contributed by atoms with Crippen molar-refractivity contribution in [1.29, 1.82) is 0 Å². The van der Waals surface area contributed by atoms with E-state index in [-0.39, 0.29) is 0 Å². The Morgan fingerprint density at radius 3 is 2.74 bits per heavy atom. The molecule has 140 valence electrons. The van der Waals surface area contributed by atoms with Crippen LogP contribution in [-0.2, 0) is 24.4 Å². The zero-order valence-electron chi connectivity index (χ0n) is 15.5. The number of hydrogen-bond donors (Lipinski definition) is 0. The second-order valence-corrected chi connectivity index (χ2v) is 8.33. The van der Waals surface area contributed by atoms with E-state index < -0.39 is 0 Å². The summed E-state index contributed by atoms with van der Waals surface area (Å²) in [6, 6.07) is 10.5. The Morgan fingerprint density at radius 2 is 2.00 bits per heavy atom. The van der Waals surface area contributed by atoms with E-state index in [0.717, 1.165) is 27.9 Å². The summed E-state index contributed by atoms with van der Waals surface area (Å²) >= 11 is 3.91. The Kier molecular flexibility index (Phi) is 7.35. The van der Waals surface area contributed by atoms with Crippen LogP contribution in [0, 0.1) is 18.1 Å². The van der Waals surface area contributed by atoms with Gasteiger partial charge in [-0.05, 0) is 44.6 Å². The molecule has 0 spiro atoms. The molecule has 0 bridgehead atoms. The molecule has 1 aromatic carbocycles. The van der Waals surface area contributed by atoms with Crippen LogP contribution >= 0.6 is 41.5 Å². The second-order valence-electron chi connectivity index (χ2n) is 5.65. The van der Waals surface area contributed by atoms with Crippen molar-refractivity contribution in [2.45, 2.75) is 40.4 Å². The summed E-state index contributed by atoms with van der Waals surface area (Å²) in [5.74, 6) is 5.06. The van der Waals surface area contributed by atoms with Crippen molar-refractivity contribution in [3.05, 3.63) is 63.5 Å². The molecule has 0 atom stereocenters. The van der Waals surface area contributed by atoms with Crippen LogP contribution in [0.3, 0.4) is 0 Å². The minimum absolute atomic E-state index is 0.484. The highest BCUT2D eigenvalue weighted by molar-refractivity contribution is 14.2. The van der Waals surface area contributed by atoms with Gasteiger partial charge >= 0.3 is 0 Å². The normalized spacial score (nSPS) is 12.0. The fourth-order valence-electron chi connectivity index (χ4n) is 2.98. The lowest BCUT2D eigenvalue weighted by molar-refractivity contribution is 0.104. The number of benzene rings is 1. The molecule has 2 aromatic heterocycles. The predicted molar refractivity (Wildman–Crippen MR) is 122 cm³/mol. The topological polar surface area (TPSA) is 39.9 Å². The average Bonchev–Trinajstić information content (AvgIpc) is 3.16. The van der Waals surface area contributed by atoms with Crippen molar-refractivity contribution in [2.75, 3.05) is 0 Å². The lowest BCUT2D eigenvalue weighted by atomic mass is 10.0. The van der Waals surface area contributed by atoms with Crippen molar-refractivity contribution in [3.63, 3.8) is 0 Å². The SMILES string of the molecule is CC.Cc1nnc2n1-c1sc(C#CSI)c(Cc3ccccc3)c1COC2. The first-order valence-corrected chi connectivity index (χ1v) is 12.9. The maximum atomic E-state index is 5.89. The van der Waals surface area contributed by atoms with Crippen LogP contribution in [0.4, 0.5) is 0 Å². The van der Waals surface area contributed by atoms with E-state index in [4.69, 9.17) is 4.74 Å². The minimum atomic E-state index is 0.484. The number of aromatic nitrogens is 3. The van der Waals surface area contributed by atoms with Crippen LogP contribution in [0.5, 0.6) is 0 Å². The Hall–Kier alpha value is -1.34. The van der Waals surface area contributed by atoms with Crippen LogP contribution in [-0.4, -0.2) is 14.8 Å². The molecule has 4 nitrogen and oxygen atoms in total. The van der Waals surface area contributed by atoms with Crippen LogP contribution in [0.25, 0.3) is 5.00 Å². The number of rotatable bonds is 2. The van der Waals surface area contributed by atoms with Crippen LogP contribution in [0.1, 0.15) is 47.1 Å². The molecule has 4 rings (SSSR count). The first kappa shape index (κ1) is 20.4. The van der Waals surface area contributed by atoms with Gasteiger partial charge in [0.2, 0.25) is 0 Å². The summed E-state index contributed by atoms with van der Waals surface area (Å²) in [5, 5.41) is 12.7. The fraction of sp³-hybridized carbons (Fsp3) is 0.300. The van der Waals surface area contributed by atoms with E-state index >= 15 is 0 Å². The summed E-state index contributed by atoms with van der Waals surface area (Å²) in [5.41, 5.74) is 3.74. The number of halogens is 1. The largest absolute Gasteiger partial charge is 0.369 e. The van der Waals surface area contributed by atoms with Crippen LogP contribution in [0.15, 0.2) is 30.3 Å². The maximum Gasteiger partial charge on any atom is 0.164 e. The average molecular weight is 509 g/mol. The van der Waals surface area contributed by atoms with Gasteiger partial charge in [0.05, 0.1) is 11.5 Å². The first-order chi connectivity index (χ1) is 13.3. The van der Waals surface area contributed by atoms with Gasteiger partial charge in [0, 0.05) is 26.8 Å². The minimum Gasteiger partial charge on any atom is -0.369 e. The highest BCUT2D eigenvalue weighted by Crippen LogP contribution is 2.36. The lowest BCUT2D eigenvalue weighted by Gasteiger charge is -2.06. The summed E-state index contributed by atoms with van der Waals surface area (Å²) in [4.78, 5) is 1.10. The Morgan fingerprint density at radius 1 is 1.22 bits per heavy atom. The summed E-state index contributed by atoms with van der Waals surface area (Å²) in [7, 11) is 1.50. The third-order valence-electron chi connectivity index (χ3n) is 4.09. The molecule has 7 heteroatoms.